The van der Waals surface area contributed by atoms with Gasteiger partial charge in [0.2, 0.25) is 11.8 Å². The van der Waals surface area contributed by atoms with E-state index in [0.29, 0.717) is 23.5 Å². The largest absolute Gasteiger partial charge is 0.383 e. The van der Waals surface area contributed by atoms with Crippen LogP contribution in [0.15, 0.2) is 10.7 Å². The first kappa shape index (κ1) is 14.9. The molecule has 0 aliphatic carbocycles. The molecule has 3 aromatic heterocycles. The average Bonchev–Trinajstić information content (AvgIpc) is 3.25. The van der Waals surface area contributed by atoms with Crippen LogP contribution in [0.3, 0.4) is 0 Å². The van der Waals surface area contributed by atoms with Crippen molar-refractivity contribution >= 4 is 22.8 Å². The molecular formula is C15H20N8O. The number of hydrogen-bond acceptors (Lipinski definition) is 8. The zero-order valence-corrected chi connectivity index (χ0v) is 14.0. The van der Waals surface area contributed by atoms with Gasteiger partial charge in [0.15, 0.2) is 11.5 Å². The molecule has 1 aliphatic rings. The van der Waals surface area contributed by atoms with Crippen LogP contribution in [0.25, 0.3) is 11.0 Å². The Morgan fingerprint density at radius 3 is 2.88 bits per heavy atom. The van der Waals surface area contributed by atoms with Crippen LogP contribution < -0.4 is 10.6 Å². The van der Waals surface area contributed by atoms with E-state index >= 15 is 0 Å². The highest BCUT2D eigenvalue weighted by molar-refractivity contribution is 5.86. The van der Waals surface area contributed by atoms with E-state index < -0.39 is 0 Å². The summed E-state index contributed by atoms with van der Waals surface area (Å²) in [5, 5.41) is 9.12. The van der Waals surface area contributed by atoms with E-state index in [0.717, 1.165) is 30.4 Å². The number of nitrogens with two attached hydrogens (primary N) is 1. The molecule has 1 saturated heterocycles. The molecular weight excluding hydrogens is 308 g/mol. The fourth-order valence-electron chi connectivity index (χ4n) is 3.05. The van der Waals surface area contributed by atoms with E-state index in [-0.39, 0.29) is 12.0 Å². The van der Waals surface area contributed by atoms with Crippen molar-refractivity contribution < 1.29 is 4.52 Å². The second kappa shape index (κ2) is 5.43. The lowest BCUT2D eigenvalue weighted by atomic mass is 10.2. The summed E-state index contributed by atoms with van der Waals surface area (Å²) in [7, 11) is 1.84. The van der Waals surface area contributed by atoms with Crippen LogP contribution in [0.2, 0.25) is 0 Å². The second-order valence-electron chi connectivity index (χ2n) is 6.41. The van der Waals surface area contributed by atoms with Crippen molar-refractivity contribution in [2.45, 2.75) is 38.6 Å². The minimum absolute atomic E-state index is 0.00586. The standard InChI is InChI=1S/C15H20N8O/c1-8(2)14-19-12(21-24-14)10-5-4-6-23(10)15-18-11(16)9-7-17-22(3)13(9)20-15/h7-8,10H,4-6H2,1-3H3,(H2,16,18,20)/t10-/m0/s1. The Bertz CT molecular complexity index is 883. The van der Waals surface area contributed by atoms with Crippen molar-refractivity contribution in [2.75, 3.05) is 17.2 Å². The predicted molar refractivity (Wildman–Crippen MR) is 88.4 cm³/mol. The van der Waals surface area contributed by atoms with Gasteiger partial charge in [-0.3, -0.25) is 4.68 Å². The van der Waals surface area contributed by atoms with Crippen LogP contribution in [0.4, 0.5) is 11.8 Å². The highest BCUT2D eigenvalue weighted by atomic mass is 16.5. The molecule has 0 aromatic carbocycles. The number of aryl methyl sites for hydroxylation is 1. The second-order valence-corrected chi connectivity index (χ2v) is 6.41. The minimum Gasteiger partial charge on any atom is -0.383 e. The van der Waals surface area contributed by atoms with Gasteiger partial charge in [0.05, 0.1) is 17.6 Å². The molecule has 126 valence electrons. The summed E-state index contributed by atoms with van der Waals surface area (Å²) >= 11 is 0. The lowest BCUT2D eigenvalue weighted by Crippen LogP contribution is -2.26. The van der Waals surface area contributed by atoms with Gasteiger partial charge >= 0.3 is 0 Å². The molecule has 9 heteroatoms. The Kier molecular flexibility index (Phi) is 3.36. The quantitative estimate of drug-likeness (QED) is 0.774. The number of fused-ring (bicyclic) bond motifs is 1. The third-order valence-electron chi connectivity index (χ3n) is 4.37. The third-order valence-corrected chi connectivity index (χ3v) is 4.37. The van der Waals surface area contributed by atoms with E-state index in [4.69, 9.17) is 10.3 Å². The third kappa shape index (κ3) is 2.27. The van der Waals surface area contributed by atoms with E-state index in [1.807, 2.05) is 20.9 Å². The maximum Gasteiger partial charge on any atom is 0.230 e. The van der Waals surface area contributed by atoms with Gasteiger partial charge in [0, 0.05) is 19.5 Å². The number of hydrogen-bond donors (Lipinski definition) is 1. The Morgan fingerprint density at radius 2 is 2.12 bits per heavy atom. The molecule has 3 aromatic rings. The fraction of sp³-hybridized carbons (Fsp3) is 0.533. The van der Waals surface area contributed by atoms with Crippen molar-refractivity contribution in [3.05, 3.63) is 17.9 Å². The van der Waals surface area contributed by atoms with Gasteiger partial charge in [-0.2, -0.15) is 20.1 Å². The predicted octanol–water partition coefficient (Wildman–Crippen LogP) is 1.79. The summed E-state index contributed by atoms with van der Waals surface area (Å²) in [4.78, 5) is 15.7. The van der Waals surface area contributed by atoms with Gasteiger partial charge in [-0.25, -0.2) is 0 Å². The average molecular weight is 328 g/mol. The summed E-state index contributed by atoms with van der Waals surface area (Å²) in [5.41, 5.74) is 6.81. The highest BCUT2D eigenvalue weighted by Gasteiger charge is 2.32. The van der Waals surface area contributed by atoms with Crippen LogP contribution in [0.1, 0.15) is 50.4 Å². The lowest BCUT2D eigenvalue weighted by Gasteiger charge is -2.22. The normalized spacial score (nSPS) is 18.2. The zero-order chi connectivity index (χ0) is 16.8. The van der Waals surface area contributed by atoms with Crippen molar-refractivity contribution in [2.24, 2.45) is 7.05 Å². The molecule has 1 fully saturated rings. The summed E-state index contributed by atoms with van der Waals surface area (Å²) < 4.78 is 7.06. The molecule has 0 amide bonds. The Morgan fingerprint density at radius 1 is 1.29 bits per heavy atom. The first-order valence-corrected chi connectivity index (χ1v) is 8.10. The van der Waals surface area contributed by atoms with Gasteiger partial charge in [-0.15, -0.1) is 0 Å². The maximum absolute atomic E-state index is 6.09. The van der Waals surface area contributed by atoms with Crippen LogP contribution in [0, 0.1) is 0 Å². The monoisotopic (exact) mass is 328 g/mol. The lowest BCUT2D eigenvalue weighted by molar-refractivity contribution is 0.358. The molecule has 0 bridgehead atoms. The van der Waals surface area contributed by atoms with Crippen molar-refractivity contribution in [1.82, 2.24) is 29.9 Å². The van der Waals surface area contributed by atoms with Crippen molar-refractivity contribution in [1.29, 1.82) is 0 Å². The van der Waals surface area contributed by atoms with Gasteiger partial charge < -0.3 is 15.2 Å². The van der Waals surface area contributed by atoms with E-state index in [1.165, 1.54) is 0 Å². The van der Waals surface area contributed by atoms with Crippen molar-refractivity contribution in [3.8, 4) is 0 Å². The van der Waals surface area contributed by atoms with Gasteiger partial charge in [0.1, 0.15) is 5.82 Å². The molecule has 24 heavy (non-hydrogen) atoms. The fourth-order valence-corrected chi connectivity index (χ4v) is 3.05. The summed E-state index contributed by atoms with van der Waals surface area (Å²) in [6, 6.07) is 0.00586. The molecule has 0 unspecified atom stereocenters. The number of aromatic nitrogens is 6. The summed E-state index contributed by atoms with van der Waals surface area (Å²) in [5.74, 6) is 2.56. The molecule has 1 atom stereocenters. The van der Waals surface area contributed by atoms with Gasteiger partial charge in [-0.05, 0) is 12.8 Å². The van der Waals surface area contributed by atoms with Crippen LogP contribution in [0.5, 0.6) is 0 Å². The molecule has 1 aliphatic heterocycles. The molecule has 4 heterocycles. The zero-order valence-electron chi connectivity index (χ0n) is 14.0. The molecule has 2 N–H and O–H groups in total. The topological polar surface area (TPSA) is 112 Å². The number of anilines is 2. The number of nitrogens with zero attached hydrogens (tertiary/aromatic N) is 7. The van der Waals surface area contributed by atoms with Crippen LogP contribution in [-0.4, -0.2) is 36.4 Å². The maximum atomic E-state index is 6.09. The molecule has 0 radical (unpaired) electrons. The smallest absolute Gasteiger partial charge is 0.230 e. The van der Waals surface area contributed by atoms with Crippen LogP contribution in [-0.2, 0) is 7.05 Å². The Balaban J connectivity index is 1.73. The molecule has 9 nitrogen and oxygen atoms in total. The summed E-state index contributed by atoms with van der Waals surface area (Å²) in [6.07, 6.45) is 3.64. The number of nitrogen functional groups attached to an aromatic ring is 1. The van der Waals surface area contributed by atoms with E-state index in [2.05, 4.69) is 30.1 Å². The SMILES string of the molecule is CC(C)c1nc([C@@H]2CCCN2c2nc(N)c3cnn(C)c3n2)no1. The molecule has 4 rings (SSSR count). The minimum atomic E-state index is 0.00586. The first-order chi connectivity index (χ1) is 11.5. The Labute approximate surface area is 138 Å². The van der Waals surface area contributed by atoms with Gasteiger partial charge in [-0.1, -0.05) is 19.0 Å². The molecule has 0 saturated carbocycles. The first-order valence-electron chi connectivity index (χ1n) is 8.10. The van der Waals surface area contributed by atoms with E-state index in [1.54, 1.807) is 10.9 Å². The van der Waals surface area contributed by atoms with Crippen molar-refractivity contribution in [3.63, 3.8) is 0 Å². The molecule has 0 spiro atoms. The van der Waals surface area contributed by atoms with Crippen LogP contribution >= 0.6 is 0 Å². The number of rotatable bonds is 3. The van der Waals surface area contributed by atoms with E-state index in [9.17, 15) is 0 Å². The Hall–Kier alpha value is -2.71. The van der Waals surface area contributed by atoms with Gasteiger partial charge in [0.25, 0.3) is 0 Å². The highest BCUT2D eigenvalue weighted by Crippen LogP contribution is 2.34. The summed E-state index contributed by atoms with van der Waals surface area (Å²) in [6.45, 7) is 4.90.